The van der Waals surface area contributed by atoms with Gasteiger partial charge < -0.3 is 5.32 Å². The summed E-state index contributed by atoms with van der Waals surface area (Å²) >= 11 is 7.38. The number of carbonyl (C=O) groups excluding carboxylic acids is 1. The van der Waals surface area contributed by atoms with Gasteiger partial charge >= 0.3 is 6.03 Å². The zero-order valence-corrected chi connectivity index (χ0v) is 20.3. The normalized spacial score (nSPS) is 17.8. The van der Waals surface area contributed by atoms with Crippen LogP contribution < -0.4 is 10.6 Å². The number of aromatic nitrogens is 1. The topological polar surface area (TPSA) is 57.3 Å². The number of urea groups is 1. The second-order valence-corrected chi connectivity index (χ2v) is 9.91. The number of likely N-dealkylation sites (tertiary alicyclic amines) is 1. The standard InChI is InChI=1S/C26H27ClN4OS/c1-4-26(3,20-9-11-21(27)12-10-20)23-17-33-25(29-23)30-24(32)28-22-13-14-31(16-22)15-19-7-5-18(2)6-8-19/h1,5-12,17,22H,13-16H2,2-3H3,(H2,28,29,30,32). The monoisotopic (exact) mass is 478 g/mol. The van der Waals surface area contributed by atoms with E-state index >= 15 is 0 Å². The van der Waals surface area contributed by atoms with E-state index in [-0.39, 0.29) is 12.1 Å². The lowest BCUT2D eigenvalue weighted by Crippen LogP contribution is -2.39. The third kappa shape index (κ3) is 5.56. The highest BCUT2D eigenvalue weighted by molar-refractivity contribution is 7.14. The first-order chi connectivity index (χ1) is 15.9. The van der Waals surface area contributed by atoms with E-state index in [1.807, 2.05) is 36.6 Å². The van der Waals surface area contributed by atoms with Gasteiger partial charge in [-0.2, -0.15) is 0 Å². The zero-order chi connectivity index (χ0) is 23.4. The first kappa shape index (κ1) is 23.3. The molecule has 2 atom stereocenters. The Labute approximate surface area is 204 Å². The van der Waals surface area contributed by atoms with Crippen LogP contribution in [0, 0.1) is 19.3 Å². The lowest BCUT2D eigenvalue weighted by atomic mass is 9.81. The number of rotatable bonds is 6. The van der Waals surface area contributed by atoms with E-state index in [4.69, 9.17) is 18.0 Å². The van der Waals surface area contributed by atoms with Crippen molar-refractivity contribution in [2.75, 3.05) is 18.4 Å². The molecule has 170 valence electrons. The van der Waals surface area contributed by atoms with Crippen LogP contribution in [0.3, 0.4) is 0 Å². The minimum Gasteiger partial charge on any atom is -0.334 e. The predicted molar refractivity (Wildman–Crippen MR) is 136 cm³/mol. The maximum atomic E-state index is 12.6. The minimum absolute atomic E-state index is 0.111. The smallest absolute Gasteiger partial charge is 0.321 e. The molecule has 0 aliphatic carbocycles. The van der Waals surface area contributed by atoms with Crippen molar-refractivity contribution in [2.45, 2.75) is 38.3 Å². The Hall–Kier alpha value is -2.85. The van der Waals surface area contributed by atoms with Crippen molar-refractivity contribution in [3.63, 3.8) is 0 Å². The highest BCUT2D eigenvalue weighted by Crippen LogP contribution is 2.34. The number of nitrogens with zero attached hydrogens (tertiary/aromatic N) is 2. The van der Waals surface area contributed by atoms with Gasteiger partial charge in [0.15, 0.2) is 5.13 Å². The van der Waals surface area contributed by atoms with Crippen molar-refractivity contribution < 1.29 is 4.79 Å². The lowest BCUT2D eigenvalue weighted by molar-refractivity contribution is 0.247. The van der Waals surface area contributed by atoms with E-state index in [1.54, 1.807) is 0 Å². The summed E-state index contributed by atoms with van der Waals surface area (Å²) in [5.41, 5.74) is 3.49. The number of terminal acetylenes is 1. The van der Waals surface area contributed by atoms with Crippen molar-refractivity contribution >= 4 is 34.1 Å². The molecule has 1 aliphatic heterocycles. The number of thiazole rings is 1. The van der Waals surface area contributed by atoms with Gasteiger partial charge in [0.05, 0.1) is 11.1 Å². The number of nitrogens with one attached hydrogen (secondary N) is 2. The fourth-order valence-corrected chi connectivity index (χ4v) is 4.95. The summed E-state index contributed by atoms with van der Waals surface area (Å²) in [5.74, 6) is 2.85. The Balaban J connectivity index is 1.33. The van der Waals surface area contributed by atoms with E-state index in [0.717, 1.165) is 37.3 Å². The number of hydrogen-bond acceptors (Lipinski definition) is 4. The number of halogens is 1. The highest BCUT2D eigenvalue weighted by Gasteiger charge is 2.30. The van der Waals surface area contributed by atoms with E-state index in [1.165, 1.54) is 22.5 Å². The number of amides is 2. The van der Waals surface area contributed by atoms with Gasteiger partial charge in [0.2, 0.25) is 0 Å². The van der Waals surface area contributed by atoms with Crippen LogP contribution in [-0.4, -0.2) is 35.0 Å². The summed E-state index contributed by atoms with van der Waals surface area (Å²) in [7, 11) is 0. The Bertz CT molecular complexity index is 1150. The lowest BCUT2D eigenvalue weighted by Gasteiger charge is -2.22. The van der Waals surface area contributed by atoms with Crippen LogP contribution >= 0.6 is 22.9 Å². The maximum Gasteiger partial charge on any atom is 0.321 e. The molecule has 2 amide bonds. The van der Waals surface area contributed by atoms with Crippen LogP contribution in [0.4, 0.5) is 9.93 Å². The van der Waals surface area contributed by atoms with Crippen LogP contribution in [0.25, 0.3) is 0 Å². The van der Waals surface area contributed by atoms with Crippen molar-refractivity contribution in [1.29, 1.82) is 0 Å². The first-order valence-electron chi connectivity index (χ1n) is 10.9. The van der Waals surface area contributed by atoms with Gasteiger partial charge in [0, 0.05) is 36.1 Å². The SMILES string of the molecule is C#CC(C)(c1ccc(Cl)cc1)c1csc(NC(=O)NC2CCN(Cc3ccc(C)cc3)C2)n1. The quantitative estimate of drug-likeness (QED) is 0.464. The number of benzene rings is 2. The van der Waals surface area contributed by atoms with Crippen molar-refractivity contribution in [1.82, 2.24) is 15.2 Å². The van der Waals surface area contributed by atoms with Gasteiger partial charge in [-0.25, -0.2) is 9.78 Å². The second kappa shape index (κ2) is 9.96. The van der Waals surface area contributed by atoms with Crippen LogP contribution in [0.5, 0.6) is 0 Å². The molecule has 2 N–H and O–H groups in total. The molecule has 1 fully saturated rings. The molecule has 33 heavy (non-hydrogen) atoms. The summed E-state index contributed by atoms with van der Waals surface area (Å²) < 4.78 is 0. The summed E-state index contributed by atoms with van der Waals surface area (Å²) in [5, 5.41) is 9.00. The molecule has 2 heterocycles. The first-order valence-corrected chi connectivity index (χ1v) is 12.2. The summed E-state index contributed by atoms with van der Waals surface area (Å²) in [6.45, 7) is 6.72. The summed E-state index contributed by atoms with van der Waals surface area (Å²) in [6, 6.07) is 15.9. The molecule has 0 bridgehead atoms. The molecule has 7 heteroatoms. The Morgan fingerprint density at radius 1 is 1.27 bits per heavy atom. The third-order valence-electron chi connectivity index (χ3n) is 6.08. The molecule has 4 rings (SSSR count). The maximum absolute atomic E-state index is 12.6. The molecule has 2 unspecified atom stereocenters. The molecule has 0 spiro atoms. The van der Waals surface area contributed by atoms with Crippen molar-refractivity contribution in [3.05, 3.63) is 81.3 Å². The van der Waals surface area contributed by atoms with E-state index in [2.05, 4.69) is 57.6 Å². The van der Waals surface area contributed by atoms with E-state index in [0.29, 0.717) is 10.2 Å². The van der Waals surface area contributed by atoms with Crippen molar-refractivity contribution in [3.8, 4) is 12.3 Å². The number of aryl methyl sites for hydroxylation is 1. The van der Waals surface area contributed by atoms with Gasteiger partial charge in [-0.1, -0.05) is 59.5 Å². The average molecular weight is 479 g/mol. The molecule has 3 aromatic rings. The number of hydrogen-bond donors (Lipinski definition) is 2. The summed E-state index contributed by atoms with van der Waals surface area (Å²) in [6.07, 6.45) is 6.81. The second-order valence-electron chi connectivity index (χ2n) is 8.62. The predicted octanol–water partition coefficient (Wildman–Crippen LogP) is 5.44. The fraction of sp³-hybridized carbons (Fsp3) is 0.308. The molecule has 0 saturated carbocycles. The van der Waals surface area contributed by atoms with E-state index in [9.17, 15) is 4.79 Å². The largest absolute Gasteiger partial charge is 0.334 e. The number of carbonyl (C=O) groups is 1. The molecule has 0 radical (unpaired) electrons. The van der Waals surface area contributed by atoms with Crippen LogP contribution in [0.15, 0.2) is 53.9 Å². The summed E-state index contributed by atoms with van der Waals surface area (Å²) in [4.78, 5) is 19.5. The number of anilines is 1. The Morgan fingerprint density at radius 2 is 2.00 bits per heavy atom. The molecular weight excluding hydrogens is 452 g/mol. The molecule has 1 aromatic heterocycles. The molecule has 2 aromatic carbocycles. The Morgan fingerprint density at radius 3 is 2.70 bits per heavy atom. The van der Waals surface area contributed by atoms with E-state index < -0.39 is 5.41 Å². The van der Waals surface area contributed by atoms with Crippen molar-refractivity contribution in [2.24, 2.45) is 0 Å². The van der Waals surface area contributed by atoms with Gasteiger partial charge in [0.25, 0.3) is 0 Å². The Kier molecular flexibility index (Phi) is 7.04. The minimum atomic E-state index is -0.709. The van der Waals surface area contributed by atoms with Crippen LogP contribution in [-0.2, 0) is 12.0 Å². The third-order valence-corrected chi connectivity index (χ3v) is 7.09. The van der Waals surface area contributed by atoms with Crippen LogP contribution in [0.1, 0.15) is 35.7 Å². The molecule has 5 nitrogen and oxygen atoms in total. The molecule has 1 saturated heterocycles. The van der Waals surface area contributed by atoms with Gasteiger partial charge in [-0.05, 0) is 43.5 Å². The molecular formula is C26H27ClN4OS. The zero-order valence-electron chi connectivity index (χ0n) is 18.8. The molecule has 1 aliphatic rings. The van der Waals surface area contributed by atoms with Crippen LogP contribution in [0.2, 0.25) is 5.02 Å². The van der Waals surface area contributed by atoms with Gasteiger partial charge in [0.1, 0.15) is 0 Å². The fourth-order valence-electron chi connectivity index (χ4n) is 4.01. The highest BCUT2D eigenvalue weighted by atomic mass is 35.5. The van der Waals surface area contributed by atoms with Gasteiger partial charge in [-0.3, -0.25) is 10.2 Å². The van der Waals surface area contributed by atoms with Gasteiger partial charge in [-0.15, -0.1) is 17.8 Å². The average Bonchev–Trinajstić information content (AvgIpc) is 3.45.